The SMILES string of the molecule is CC(C)(C)OC(=O)C[C@@](N)(C(=O)O)N1CCN(Cc2ccc(F)cc2)CC1. The maximum atomic E-state index is 13.0. The summed E-state index contributed by atoms with van der Waals surface area (Å²) in [6.07, 6.45) is -0.419. The summed E-state index contributed by atoms with van der Waals surface area (Å²) >= 11 is 0. The molecule has 0 saturated carbocycles. The third kappa shape index (κ3) is 5.98. The van der Waals surface area contributed by atoms with Gasteiger partial charge in [-0.3, -0.25) is 14.6 Å². The van der Waals surface area contributed by atoms with Crippen molar-refractivity contribution in [1.29, 1.82) is 0 Å². The topological polar surface area (TPSA) is 96.1 Å². The monoisotopic (exact) mass is 381 g/mol. The van der Waals surface area contributed by atoms with Crippen LogP contribution in [0.25, 0.3) is 0 Å². The minimum absolute atomic E-state index is 0.278. The number of carboxylic acid groups (broad SMARTS) is 1. The molecule has 150 valence electrons. The summed E-state index contributed by atoms with van der Waals surface area (Å²) < 4.78 is 18.2. The lowest BCUT2D eigenvalue weighted by Gasteiger charge is -2.42. The largest absolute Gasteiger partial charge is 0.479 e. The number of piperazine rings is 1. The Kier molecular flexibility index (Phi) is 6.56. The van der Waals surface area contributed by atoms with Crippen molar-refractivity contribution in [2.45, 2.75) is 45.0 Å². The van der Waals surface area contributed by atoms with Crippen LogP contribution in [0.1, 0.15) is 32.8 Å². The number of ether oxygens (including phenoxy) is 1. The van der Waals surface area contributed by atoms with E-state index < -0.39 is 29.6 Å². The number of rotatable bonds is 6. The van der Waals surface area contributed by atoms with Gasteiger partial charge < -0.3 is 15.6 Å². The van der Waals surface area contributed by atoms with Gasteiger partial charge in [0.2, 0.25) is 0 Å². The van der Waals surface area contributed by atoms with Crippen LogP contribution in [-0.2, 0) is 20.9 Å². The number of nitrogens with two attached hydrogens (primary N) is 1. The van der Waals surface area contributed by atoms with E-state index in [1.54, 1.807) is 37.8 Å². The molecule has 8 heteroatoms. The van der Waals surface area contributed by atoms with Crippen LogP contribution < -0.4 is 5.73 Å². The Labute approximate surface area is 158 Å². The van der Waals surface area contributed by atoms with Crippen molar-refractivity contribution in [3.63, 3.8) is 0 Å². The molecule has 7 nitrogen and oxygen atoms in total. The van der Waals surface area contributed by atoms with E-state index in [0.717, 1.165) is 5.56 Å². The molecular weight excluding hydrogens is 353 g/mol. The highest BCUT2D eigenvalue weighted by molar-refractivity contribution is 5.85. The van der Waals surface area contributed by atoms with Crippen LogP contribution >= 0.6 is 0 Å². The smallest absolute Gasteiger partial charge is 0.339 e. The van der Waals surface area contributed by atoms with Crippen molar-refractivity contribution in [3.8, 4) is 0 Å². The lowest BCUT2D eigenvalue weighted by atomic mass is 10.0. The van der Waals surface area contributed by atoms with E-state index in [1.165, 1.54) is 12.1 Å². The second kappa shape index (κ2) is 8.33. The summed E-state index contributed by atoms with van der Waals surface area (Å²) in [5, 5.41) is 9.64. The summed E-state index contributed by atoms with van der Waals surface area (Å²) in [6, 6.07) is 6.30. The van der Waals surface area contributed by atoms with E-state index in [0.29, 0.717) is 32.7 Å². The zero-order chi connectivity index (χ0) is 20.2. The highest BCUT2D eigenvalue weighted by Gasteiger charge is 2.44. The summed E-state index contributed by atoms with van der Waals surface area (Å²) in [5.41, 5.74) is 4.59. The molecule has 0 radical (unpaired) electrons. The Balaban J connectivity index is 1.96. The van der Waals surface area contributed by atoms with Gasteiger partial charge in [-0.2, -0.15) is 0 Å². The first-order valence-electron chi connectivity index (χ1n) is 8.95. The number of aliphatic carboxylic acids is 1. The van der Waals surface area contributed by atoms with E-state index in [9.17, 15) is 19.1 Å². The quantitative estimate of drug-likeness (QED) is 0.719. The molecule has 27 heavy (non-hydrogen) atoms. The Bertz CT molecular complexity index is 667. The van der Waals surface area contributed by atoms with Gasteiger partial charge in [0, 0.05) is 32.7 Å². The van der Waals surface area contributed by atoms with Crippen LogP contribution in [0.3, 0.4) is 0 Å². The highest BCUT2D eigenvalue weighted by atomic mass is 19.1. The zero-order valence-corrected chi connectivity index (χ0v) is 16.1. The van der Waals surface area contributed by atoms with Crippen LogP contribution in [0.2, 0.25) is 0 Å². The van der Waals surface area contributed by atoms with Gasteiger partial charge in [-0.15, -0.1) is 0 Å². The number of nitrogens with zero attached hydrogens (tertiary/aromatic N) is 2. The molecule has 1 aromatic rings. The number of benzene rings is 1. The minimum atomic E-state index is -1.80. The van der Waals surface area contributed by atoms with Gasteiger partial charge in [0.15, 0.2) is 5.66 Å². The second-order valence-electron chi connectivity index (χ2n) is 7.88. The van der Waals surface area contributed by atoms with Crippen molar-refractivity contribution in [2.75, 3.05) is 26.2 Å². The van der Waals surface area contributed by atoms with Crippen LogP contribution in [0, 0.1) is 5.82 Å². The summed E-state index contributed by atoms with van der Waals surface area (Å²) in [6.45, 7) is 7.81. The maximum Gasteiger partial charge on any atom is 0.339 e. The highest BCUT2D eigenvalue weighted by Crippen LogP contribution is 2.21. The molecule has 0 aliphatic carbocycles. The van der Waals surface area contributed by atoms with Gasteiger partial charge in [-0.25, -0.2) is 9.18 Å². The summed E-state index contributed by atoms with van der Waals surface area (Å²) in [7, 11) is 0. The number of carboxylic acids is 1. The fourth-order valence-corrected chi connectivity index (χ4v) is 3.07. The molecule has 3 N–H and O–H groups in total. The average Bonchev–Trinajstić information content (AvgIpc) is 2.55. The predicted octanol–water partition coefficient (Wildman–Crippen LogP) is 1.41. The van der Waals surface area contributed by atoms with Gasteiger partial charge >= 0.3 is 11.9 Å². The molecule has 0 amide bonds. The van der Waals surface area contributed by atoms with E-state index in [-0.39, 0.29) is 5.82 Å². The molecule has 1 aliphatic rings. The Morgan fingerprint density at radius 3 is 2.19 bits per heavy atom. The van der Waals surface area contributed by atoms with Crippen LogP contribution in [-0.4, -0.2) is 64.3 Å². The zero-order valence-electron chi connectivity index (χ0n) is 16.1. The first-order valence-corrected chi connectivity index (χ1v) is 8.95. The fourth-order valence-electron chi connectivity index (χ4n) is 3.07. The van der Waals surface area contributed by atoms with Crippen molar-refractivity contribution >= 4 is 11.9 Å². The Morgan fingerprint density at radius 1 is 1.15 bits per heavy atom. The number of carbonyl (C=O) groups excluding carboxylic acids is 1. The molecule has 1 atom stereocenters. The maximum absolute atomic E-state index is 13.0. The summed E-state index contributed by atoms with van der Waals surface area (Å²) in [5.74, 6) is -2.17. The Hall–Kier alpha value is -2.03. The predicted molar refractivity (Wildman–Crippen MR) is 98.3 cm³/mol. The number of hydrogen-bond acceptors (Lipinski definition) is 6. The van der Waals surface area contributed by atoms with Gasteiger partial charge in [0.25, 0.3) is 0 Å². The Morgan fingerprint density at radius 2 is 1.70 bits per heavy atom. The van der Waals surface area contributed by atoms with Crippen molar-refractivity contribution in [1.82, 2.24) is 9.80 Å². The van der Waals surface area contributed by atoms with Crippen LogP contribution in [0.5, 0.6) is 0 Å². The molecule has 0 spiro atoms. The summed E-state index contributed by atoms with van der Waals surface area (Å²) in [4.78, 5) is 27.7. The molecule has 0 aromatic heterocycles. The first-order chi connectivity index (χ1) is 12.5. The average molecular weight is 381 g/mol. The fraction of sp³-hybridized carbons (Fsp3) is 0.579. The third-order valence-electron chi connectivity index (χ3n) is 4.46. The van der Waals surface area contributed by atoms with E-state index in [4.69, 9.17) is 10.5 Å². The molecule has 0 bridgehead atoms. The third-order valence-corrected chi connectivity index (χ3v) is 4.46. The first kappa shape index (κ1) is 21.3. The van der Waals surface area contributed by atoms with Crippen molar-refractivity contribution in [2.24, 2.45) is 5.73 Å². The van der Waals surface area contributed by atoms with Crippen LogP contribution in [0.4, 0.5) is 4.39 Å². The van der Waals surface area contributed by atoms with E-state index in [1.807, 2.05) is 0 Å². The number of hydrogen-bond donors (Lipinski definition) is 2. The number of halogens is 1. The van der Waals surface area contributed by atoms with Crippen LogP contribution in [0.15, 0.2) is 24.3 Å². The van der Waals surface area contributed by atoms with Crippen molar-refractivity contribution < 1.29 is 23.8 Å². The molecule has 1 aromatic carbocycles. The molecule has 1 fully saturated rings. The normalized spacial score (nSPS) is 18.7. The van der Waals surface area contributed by atoms with Gasteiger partial charge in [0.05, 0.1) is 6.42 Å². The van der Waals surface area contributed by atoms with Crippen molar-refractivity contribution in [3.05, 3.63) is 35.6 Å². The molecule has 1 aliphatic heterocycles. The van der Waals surface area contributed by atoms with E-state index >= 15 is 0 Å². The van der Waals surface area contributed by atoms with Gasteiger partial charge in [-0.1, -0.05) is 12.1 Å². The molecular formula is C19H28FN3O4. The molecule has 0 unspecified atom stereocenters. The van der Waals surface area contributed by atoms with E-state index in [2.05, 4.69) is 4.90 Å². The number of carbonyl (C=O) groups is 2. The lowest BCUT2D eigenvalue weighted by molar-refractivity contribution is -0.167. The van der Waals surface area contributed by atoms with Gasteiger partial charge in [0.1, 0.15) is 11.4 Å². The number of esters is 1. The standard InChI is InChI=1S/C19H28FN3O4/c1-18(2,3)27-16(24)12-19(21,17(25)26)23-10-8-22(9-11-23)13-14-4-6-15(20)7-5-14/h4-7H,8-13,21H2,1-3H3,(H,25,26)/t19-/m0/s1. The molecule has 1 saturated heterocycles. The molecule has 1 heterocycles. The second-order valence-corrected chi connectivity index (χ2v) is 7.88. The molecule has 2 rings (SSSR count). The van der Waals surface area contributed by atoms with Gasteiger partial charge in [-0.05, 0) is 38.5 Å². The minimum Gasteiger partial charge on any atom is -0.479 e. The lowest BCUT2D eigenvalue weighted by Crippen LogP contribution is -2.66.